The Morgan fingerprint density at radius 3 is 1.22 bits per heavy atom. The van der Waals surface area contributed by atoms with Gasteiger partial charge in [-0.2, -0.15) is 10.2 Å². The van der Waals surface area contributed by atoms with E-state index in [1.807, 2.05) is 143 Å². The van der Waals surface area contributed by atoms with Gasteiger partial charge in [0.2, 0.25) is 0 Å². The van der Waals surface area contributed by atoms with Gasteiger partial charge in [-0.3, -0.25) is 4.98 Å². The zero-order valence-corrected chi connectivity index (χ0v) is 48.7. The molecule has 0 amide bonds. The fourth-order valence-corrected chi connectivity index (χ4v) is 5.51. The van der Waals surface area contributed by atoms with Crippen molar-refractivity contribution in [1.82, 2.24) is 30.1 Å². The summed E-state index contributed by atoms with van der Waals surface area (Å²) in [5, 5.41) is 13.6. The summed E-state index contributed by atoms with van der Waals surface area (Å²) in [6.45, 7) is 49.9. The second-order valence-electron chi connectivity index (χ2n) is 15.2. The highest BCUT2D eigenvalue weighted by molar-refractivity contribution is 7.09. The number of H-pyrrole nitrogens is 1. The molecule has 68 heavy (non-hydrogen) atoms. The molecule has 7 heteroatoms. The van der Waals surface area contributed by atoms with Crippen LogP contribution >= 0.6 is 11.3 Å². The first-order valence-corrected chi connectivity index (χ1v) is 26.8. The molecule has 0 fully saturated rings. The highest BCUT2D eigenvalue weighted by atomic mass is 32.1. The van der Waals surface area contributed by atoms with Crippen molar-refractivity contribution in [3.05, 3.63) is 173 Å². The quantitative estimate of drug-likeness (QED) is 0.180. The summed E-state index contributed by atoms with van der Waals surface area (Å²) in [6, 6.07) is 35.6. The van der Waals surface area contributed by atoms with Gasteiger partial charge in [0.25, 0.3) is 0 Å². The summed E-state index contributed by atoms with van der Waals surface area (Å²) in [5.41, 5.74) is 5.05. The maximum atomic E-state index is 4.18. The third-order valence-corrected chi connectivity index (χ3v) is 9.46. The molecule has 0 aliphatic rings. The van der Waals surface area contributed by atoms with Crippen LogP contribution in [0.2, 0.25) is 0 Å². The van der Waals surface area contributed by atoms with E-state index in [0.717, 1.165) is 17.2 Å². The van der Waals surface area contributed by atoms with E-state index in [0.29, 0.717) is 35.5 Å². The Morgan fingerprint density at radius 1 is 0.382 bits per heavy atom. The lowest BCUT2D eigenvalue weighted by Gasteiger charge is -2.06. The monoisotopic (exact) mass is 951 g/mol. The van der Waals surface area contributed by atoms with Gasteiger partial charge in [0.15, 0.2) is 0 Å². The third kappa shape index (κ3) is 37.0. The second-order valence-corrected chi connectivity index (χ2v) is 16.1. The maximum absolute atomic E-state index is 4.18. The van der Waals surface area contributed by atoms with Crippen LogP contribution in [0.25, 0.3) is 10.8 Å². The first kappa shape index (κ1) is 72.0. The number of nitrogens with one attached hydrogen (secondary N) is 1. The van der Waals surface area contributed by atoms with E-state index in [1.165, 1.54) is 26.9 Å². The number of fused-ring (bicyclic) bond motifs is 1. The summed E-state index contributed by atoms with van der Waals surface area (Å²) < 4.78 is 0. The van der Waals surface area contributed by atoms with Crippen LogP contribution in [-0.2, 0) is 0 Å². The summed E-state index contributed by atoms with van der Waals surface area (Å²) >= 11 is 1.72. The van der Waals surface area contributed by atoms with Crippen LogP contribution < -0.4 is 0 Å². The van der Waals surface area contributed by atoms with Gasteiger partial charge < -0.3 is 4.98 Å². The predicted octanol–water partition coefficient (Wildman–Crippen LogP) is 20.5. The highest BCUT2D eigenvalue weighted by Gasteiger charge is 2.01. The number of pyridine rings is 1. The van der Waals surface area contributed by atoms with Crippen LogP contribution in [-0.4, -0.2) is 30.1 Å². The fraction of sp³-hybridized carbons (Fsp3) is 0.492. The third-order valence-electron chi connectivity index (χ3n) is 8.38. The molecule has 0 aliphatic heterocycles. The lowest BCUT2D eigenvalue weighted by molar-refractivity contribution is 0.785. The largest absolute Gasteiger partial charge is 0.348 e. The number of imidazole rings is 1. The first-order chi connectivity index (χ1) is 32.8. The molecule has 0 radical (unpaired) electrons. The standard InChI is InChI=1S/C13H14.C9H12.C8H11N.C7H10N2.C6H10N2.C6H9NS.6C2H6/c1-10(2)12-8-7-11-5-3-4-6-13(11)9-12;1-8(2)9-6-4-3-5-7-9;1-7(2)8-5-3-4-6-9-8;1-6(2)7-4-3-5-8-9-7;2*1-5(2)6-7-3-4-8-6;6*1-2/h3-10H,1-2H3;3-8H,1-2H3;3-7H,1-2H3;3-6H,1-2H3;3-5H,1-2H3,(H,7,8);3-5H,1-2H3;6*1-2H3. The minimum Gasteiger partial charge on any atom is -0.348 e. The summed E-state index contributed by atoms with van der Waals surface area (Å²) in [6.07, 6.45) is 8.98. The van der Waals surface area contributed by atoms with Crippen LogP contribution in [0.3, 0.4) is 0 Å². The van der Waals surface area contributed by atoms with Crippen molar-refractivity contribution < 1.29 is 0 Å². The second kappa shape index (κ2) is 51.4. The Balaban J connectivity index is -0.000000225. The van der Waals surface area contributed by atoms with Gasteiger partial charge in [-0.1, -0.05) is 245 Å². The first-order valence-electron chi connectivity index (χ1n) is 25.9. The van der Waals surface area contributed by atoms with Gasteiger partial charge >= 0.3 is 0 Å². The van der Waals surface area contributed by atoms with Crippen molar-refractivity contribution in [3.63, 3.8) is 0 Å². The lowest BCUT2D eigenvalue weighted by atomic mass is 9.99. The maximum Gasteiger partial charge on any atom is 0.108 e. The highest BCUT2D eigenvalue weighted by Crippen LogP contribution is 2.21. The van der Waals surface area contributed by atoms with E-state index < -0.39 is 0 Å². The fourth-order valence-electron chi connectivity index (χ4n) is 4.86. The number of hydrogen-bond donors (Lipinski definition) is 1. The topological polar surface area (TPSA) is 80.2 Å². The van der Waals surface area contributed by atoms with Gasteiger partial charge in [-0.25, -0.2) is 9.97 Å². The molecule has 1 N–H and O–H groups in total. The van der Waals surface area contributed by atoms with Crippen molar-refractivity contribution in [1.29, 1.82) is 0 Å². The smallest absolute Gasteiger partial charge is 0.108 e. The molecule has 4 heterocycles. The molecule has 0 saturated heterocycles. The molecule has 7 aromatic rings. The normalized spacial score (nSPS) is 9.09. The molecule has 7 rings (SSSR count). The minimum atomic E-state index is 0.485. The van der Waals surface area contributed by atoms with Gasteiger partial charge in [-0.15, -0.1) is 11.3 Å². The number of aromatic nitrogens is 6. The summed E-state index contributed by atoms with van der Waals surface area (Å²) in [5.74, 6) is 4.48. The molecule has 0 bridgehead atoms. The minimum absolute atomic E-state index is 0.485. The molecule has 0 atom stereocenters. The van der Waals surface area contributed by atoms with Gasteiger partial charge in [0, 0.05) is 53.9 Å². The van der Waals surface area contributed by atoms with Crippen molar-refractivity contribution in [3.8, 4) is 0 Å². The van der Waals surface area contributed by atoms with Gasteiger partial charge in [0.05, 0.1) is 10.7 Å². The summed E-state index contributed by atoms with van der Waals surface area (Å²) in [4.78, 5) is 15.4. The Bertz CT molecular complexity index is 1800. The molecule has 4 aromatic heterocycles. The molecule has 6 nitrogen and oxygen atoms in total. The van der Waals surface area contributed by atoms with E-state index in [1.54, 1.807) is 23.7 Å². The van der Waals surface area contributed by atoms with E-state index in [-0.39, 0.29) is 0 Å². The van der Waals surface area contributed by atoms with E-state index in [9.17, 15) is 0 Å². The molecule has 382 valence electrons. The van der Waals surface area contributed by atoms with Crippen molar-refractivity contribution >= 4 is 22.1 Å². The van der Waals surface area contributed by atoms with E-state index >= 15 is 0 Å². The molecular formula is C61H102N6S. The number of thiazole rings is 1. The average molecular weight is 952 g/mol. The molecule has 0 spiro atoms. The van der Waals surface area contributed by atoms with Crippen molar-refractivity contribution in [2.45, 2.75) is 202 Å². The molecule has 3 aromatic carbocycles. The molecule has 0 aliphatic carbocycles. The van der Waals surface area contributed by atoms with Crippen LogP contribution in [0.15, 0.2) is 139 Å². The Hall–Kier alpha value is -5.01. The number of aromatic amines is 1. The number of hydrogen-bond acceptors (Lipinski definition) is 6. The zero-order chi connectivity index (χ0) is 53.3. The van der Waals surface area contributed by atoms with Gasteiger partial charge in [-0.05, 0) is 69.8 Å². The van der Waals surface area contributed by atoms with Crippen LogP contribution in [0.1, 0.15) is 235 Å². The van der Waals surface area contributed by atoms with Crippen LogP contribution in [0.5, 0.6) is 0 Å². The number of rotatable bonds is 6. The molecule has 0 saturated carbocycles. The Morgan fingerprint density at radius 2 is 0.897 bits per heavy atom. The average Bonchev–Trinajstić information content (AvgIpc) is 4.17. The Labute approximate surface area is 424 Å². The van der Waals surface area contributed by atoms with Crippen molar-refractivity contribution in [2.24, 2.45) is 0 Å². The summed E-state index contributed by atoms with van der Waals surface area (Å²) in [7, 11) is 0. The molecular weight excluding hydrogens is 849 g/mol. The van der Waals surface area contributed by atoms with E-state index in [2.05, 4.69) is 180 Å². The van der Waals surface area contributed by atoms with Gasteiger partial charge in [0.1, 0.15) is 5.82 Å². The zero-order valence-electron chi connectivity index (χ0n) is 47.9. The Kier molecular flexibility index (Phi) is 54.4. The number of benzene rings is 3. The van der Waals surface area contributed by atoms with Crippen LogP contribution in [0.4, 0.5) is 0 Å². The van der Waals surface area contributed by atoms with Crippen LogP contribution in [0, 0.1) is 0 Å². The van der Waals surface area contributed by atoms with Crippen molar-refractivity contribution in [2.75, 3.05) is 0 Å². The number of nitrogens with zero attached hydrogens (tertiary/aromatic N) is 5. The SMILES string of the molecule is CC.CC.CC.CC.CC.CC.CC(C)c1ccc2ccccc2c1.CC(C)c1ccccc1.CC(C)c1ccccn1.CC(C)c1cccnn1.CC(C)c1ncc[nH]1.CC(C)c1nccs1. The lowest BCUT2D eigenvalue weighted by Crippen LogP contribution is -1.92. The predicted molar refractivity (Wildman–Crippen MR) is 310 cm³/mol. The van der Waals surface area contributed by atoms with E-state index in [4.69, 9.17) is 0 Å². The molecule has 0 unspecified atom stereocenters.